The molecule has 1 aliphatic heterocycles. The lowest BCUT2D eigenvalue weighted by atomic mass is 10.1. The molecule has 1 fully saturated rings. The third-order valence-corrected chi connectivity index (χ3v) is 7.61. The number of hydrogen-bond donors (Lipinski definition) is 1. The number of methoxy groups -OCH3 is 2. The van der Waals surface area contributed by atoms with E-state index in [0.29, 0.717) is 24.6 Å². The molecule has 168 valence electrons. The van der Waals surface area contributed by atoms with Gasteiger partial charge in [0.15, 0.2) is 11.5 Å². The fourth-order valence-corrected chi connectivity index (χ4v) is 5.32. The average Bonchev–Trinajstić information content (AvgIpc) is 2.79. The summed E-state index contributed by atoms with van der Waals surface area (Å²) in [4.78, 5) is 13.0. The van der Waals surface area contributed by atoms with Crippen molar-refractivity contribution >= 4 is 27.5 Å². The number of carbonyl (C=O) groups excluding carboxylic acids is 1. The smallest absolute Gasteiger partial charge is 0.253 e. The van der Waals surface area contributed by atoms with Crippen LogP contribution in [-0.4, -0.2) is 45.9 Å². The third kappa shape index (κ3) is 5.14. The number of rotatable bonds is 7. The first-order valence-corrected chi connectivity index (χ1v) is 11.9. The molecule has 3 rings (SSSR count). The Morgan fingerprint density at radius 1 is 1.03 bits per heavy atom. The van der Waals surface area contributed by atoms with Crippen LogP contribution < -0.4 is 14.8 Å². The van der Waals surface area contributed by atoms with Crippen LogP contribution >= 0.6 is 11.6 Å². The third-order valence-electron chi connectivity index (χ3n) is 5.39. The number of halogens is 1. The molecule has 0 aliphatic carbocycles. The minimum atomic E-state index is -3.67. The van der Waals surface area contributed by atoms with Gasteiger partial charge >= 0.3 is 0 Å². The predicted molar refractivity (Wildman–Crippen MR) is 119 cm³/mol. The summed E-state index contributed by atoms with van der Waals surface area (Å²) in [6.45, 7) is 2.80. The molecule has 0 saturated carbocycles. The highest BCUT2D eigenvalue weighted by atomic mass is 35.5. The van der Waals surface area contributed by atoms with Gasteiger partial charge < -0.3 is 14.8 Å². The van der Waals surface area contributed by atoms with E-state index in [0.717, 1.165) is 24.8 Å². The fourth-order valence-electron chi connectivity index (χ4n) is 3.57. The Balaban J connectivity index is 1.82. The second-order valence-corrected chi connectivity index (χ2v) is 9.76. The molecule has 0 spiro atoms. The molecule has 1 unspecified atom stereocenters. The molecule has 0 aromatic heterocycles. The Kier molecular flexibility index (Phi) is 7.46. The lowest BCUT2D eigenvalue weighted by molar-refractivity contribution is 0.0939. The van der Waals surface area contributed by atoms with Gasteiger partial charge in [-0.3, -0.25) is 4.79 Å². The fraction of sp³-hybridized carbons (Fsp3) is 0.409. The molecule has 1 aliphatic rings. The minimum absolute atomic E-state index is 0.0720. The molecule has 2 aromatic carbocycles. The van der Waals surface area contributed by atoms with E-state index in [1.54, 1.807) is 26.4 Å². The number of benzene rings is 2. The van der Waals surface area contributed by atoms with Crippen molar-refractivity contribution in [2.75, 3.05) is 27.3 Å². The van der Waals surface area contributed by atoms with Crippen molar-refractivity contribution in [2.45, 2.75) is 37.1 Å². The van der Waals surface area contributed by atoms with Crippen LogP contribution in [0.5, 0.6) is 11.5 Å². The number of hydrogen-bond acceptors (Lipinski definition) is 5. The van der Waals surface area contributed by atoms with E-state index in [4.69, 9.17) is 21.1 Å². The van der Waals surface area contributed by atoms with Crippen molar-refractivity contribution in [3.8, 4) is 11.5 Å². The van der Waals surface area contributed by atoms with Crippen LogP contribution in [0.2, 0.25) is 5.02 Å². The summed E-state index contributed by atoms with van der Waals surface area (Å²) in [6, 6.07) is 9.24. The van der Waals surface area contributed by atoms with Crippen molar-refractivity contribution in [1.82, 2.24) is 9.62 Å². The normalized spacial score (nSPS) is 15.9. The molecule has 31 heavy (non-hydrogen) atoms. The summed E-state index contributed by atoms with van der Waals surface area (Å²) in [5, 5.41) is 3.06. The van der Waals surface area contributed by atoms with Crippen molar-refractivity contribution in [3.63, 3.8) is 0 Å². The van der Waals surface area contributed by atoms with Gasteiger partial charge in [-0.25, -0.2) is 8.42 Å². The standard InChI is InChI=1S/C22H27ClN2O5S/c1-15(16-7-10-20(29-2)21(13-16)30-3)24-22(26)18-14-17(8-9-19(18)23)31(27,28)25-11-5-4-6-12-25/h7-10,13-15H,4-6,11-12H2,1-3H3,(H,24,26). The molecule has 7 nitrogen and oxygen atoms in total. The number of nitrogens with one attached hydrogen (secondary N) is 1. The van der Waals surface area contributed by atoms with Crippen molar-refractivity contribution in [2.24, 2.45) is 0 Å². The van der Waals surface area contributed by atoms with E-state index in [1.165, 1.54) is 22.5 Å². The van der Waals surface area contributed by atoms with Gasteiger partial charge in [-0.2, -0.15) is 4.31 Å². The number of carbonyl (C=O) groups is 1. The summed E-state index contributed by atoms with van der Waals surface area (Å²) >= 11 is 6.24. The molecule has 1 amide bonds. The second kappa shape index (κ2) is 9.89. The van der Waals surface area contributed by atoms with Crippen LogP contribution in [0.3, 0.4) is 0 Å². The van der Waals surface area contributed by atoms with Gasteiger partial charge in [0.2, 0.25) is 10.0 Å². The summed E-state index contributed by atoms with van der Waals surface area (Å²) in [6.07, 6.45) is 2.69. The maximum Gasteiger partial charge on any atom is 0.253 e. The van der Waals surface area contributed by atoms with Gasteiger partial charge in [-0.1, -0.05) is 24.1 Å². The van der Waals surface area contributed by atoms with Crippen LogP contribution in [0.15, 0.2) is 41.3 Å². The van der Waals surface area contributed by atoms with Crippen LogP contribution in [0.25, 0.3) is 0 Å². The van der Waals surface area contributed by atoms with Crippen molar-refractivity contribution < 1.29 is 22.7 Å². The van der Waals surface area contributed by atoms with Gasteiger partial charge in [0.1, 0.15) is 0 Å². The first-order chi connectivity index (χ1) is 14.8. The Morgan fingerprint density at radius 3 is 2.35 bits per heavy atom. The second-order valence-electron chi connectivity index (χ2n) is 7.42. The number of ether oxygens (including phenoxy) is 2. The summed E-state index contributed by atoms with van der Waals surface area (Å²) in [5.41, 5.74) is 0.922. The molecular weight excluding hydrogens is 440 g/mol. The van der Waals surface area contributed by atoms with Gasteiger partial charge in [-0.15, -0.1) is 0 Å². The number of nitrogens with zero attached hydrogens (tertiary/aromatic N) is 1. The maximum atomic E-state index is 13.0. The lowest BCUT2D eigenvalue weighted by Gasteiger charge is -2.26. The van der Waals surface area contributed by atoms with Crippen LogP contribution in [-0.2, 0) is 10.0 Å². The molecule has 9 heteroatoms. The zero-order valence-corrected chi connectivity index (χ0v) is 19.4. The number of amides is 1. The van der Waals surface area contributed by atoms with E-state index in [9.17, 15) is 13.2 Å². The predicted octanol–water partition coefficient (Wildman–Crippen LogP) is 4.02. The van der Waals surface area contributed by atoms with Gasteiger partial charge in [0, 0.05) is 13.1 Å². The SMILES string of the molecule is COc1ccc(C(C)NC(=O)c2cc(S(=O)(=O)N3CCCCC3)ccc2Cl)cc1OC. The van der Waals surface area contributed by atoms with E-state index >= 15 is 0 Å². The highest BCUT2D eigenvalue weighted by Gasteiger charge is 2.27. The first-order valence-electron chi connectivity index (χ1n) is 10.1. The Bertz CT molecular complexity index is 1050. The van der Waals surface area contributed by atoms with E-state index in [-0.39, 0.29) is 21.5 Å². The van der Waals surface area contributed by atoms with E-state index in [1.807, 2.05) is 13.0 Å². The van der Waals surface area contributed by atoms with E-state index < -0.39 is 15.9 Å². The van der Waals surface area contributed by atoms with Crippen molar-refractivity contribution in [1.29, 1.82) is 0 Å². The largest absolute Gasteiger partial charge is 0.493 e. The molecular formula is C22H27ClN2O5S. The van der Waals surface area contributed by atoms with Gasteiger partial charge in [0.05, 0.1) is 35.7 Å². The first kappa shape index (κ1) is 23.4. The zero-order valence-electron chi connectivity index (χ0n) is 17.9. The van der Waals surface area contributed by atoms with Gasteiger partial charge in [0.25, 0.3) is 5.91 Å². The van der Waals surface area contributed by atoms with Gasteiger partial charge in [-0.05, 0) is 55.7 Å². The highest BCUT2D eigenvalue weighted by molar-refractivity contribution is 7.89. The Labute approximate surface area is 188 Å². The zero-order chi connectivity index (χ0) is 22.6. The molecule has 2 aromatic rings. The van der Waals surface area contributed by atoms with E-state index in [2.05, 4.69) is 5.32 Å². The lowest BCUT2D eigenvalue weighted by Crippen LogP contribution is -2.35. The molecule has 1 saturated heterocycles. The Morgan fingerprint density at radius 2 is 1.71 bits per heavy atom. The average molecular weight is 467 g/mol. The number of sulfonamides is 1. The molecule has 1 N–H and O–H groups in total. The molecule has 1 heterocycles. The van der Waals surface area contributed by atoms with Crippen LogP contribution in [0, 0.1) is 0 Å². The topological polar surface area (TPSA) is 84.9 Å². The number of piperidine rings is 1. The maximum absolute atomic E-state index is 13.0. The highest BCUT2D eigenvalue weighted by Crippen LogP contribution is 2.30. The van der Waals surface area contributed by atoms with Crippen molar-refractivity contribution in [3.05, 3.63) is 52.5 Å². The molecule has 0 bridgehead atoms. The summed E-state index contributed by atoms with van der Waals surface area (Å²) in [5.74, 6) is 0.681. The molecule has 1 atom stereocenters. The monoisotopic (exact) mass is 466 g/mol. The minimum Gasteiger partial charge on any atom is -0.493 e. The summed E-state index contributed by atoms with van der Waals surface area (Å²) < 4.78 is 38.0. The quantitative estimate of drug-likeness (QED) is 0.666. The Hall–Kier alpha value is -2.29. The summed E-state index contributed by atoms with van der Waals surface area (Å²) in [7, 11) is -0.576. The molecule has 0 radical (unpaired) electrons. The van der Waals surface area contributed by atoms with Crippen LogP contribution in [0.4, 0.5) is 0 Å². The van der Waals surface area contributed by atoms with Crippen LogP contribution in [0.1, 0.15) is 48.1 Å².